The van der Waals surface area contributed by atoms with Crippen molar-refractivity contribution in [2.45, 2.75) is 6.42 Å². The number of hydrogen-bond acceptors (Lipinski definition) is 0. The van der Waals surface area contributed by atoms with Crippen molar-refractivity contribution in [2.24, 2.45) is 0 Å². The average Bonchev–Trinajstić information content (AvgIpc) is 1.95. The molecule has 0 bridgehead atoms. The summed E-state index contributed by atoms with van der Waals surface area (Å²) in [6.45, 7) is 3.69. The first-order valence-electron chi connectivity index (χ1n) is 3.49. The van der Waals surface area contributed by atoms with Crippen molar-refractivity contribution in [3.05, 3.63) is 42.5 Å². The molecule has 0 aliphatic carbocycles. The molecule has 0 heterocycles. The molecule has 0 N–H and O–H groups in total. The van der Waals surface area contributed by atoms with Gasteiger partial charge in [0, 0.05) is 10.2 Å². The Bertz CT molecular complexity index is 211. The molecule has 0 radical (unpaired) electrons. The lowest BCUT2D eigenvalue weighted by atomic mass is 10.2. The lowest BCUT2D eigenvalue weighted by Gasteiger charge is -1.95. The van der Waals surface area contributed by atoms with Crippen molar-refractivity contribution in [1.29, 1.82) is 0 Å². The van der Waals surface area contributed by atoms with E-state index in [0.717, 1.165) is 16.7 Å². The highest BCUT2D eigenvalue weighted by molar-refractivity contribution is 6.32. The minimum absolute atomic E-state index is 0.988. The van der Waals surface area contributed by atoms with E-state index in [1.165, 1.54) is 10.8 Å². The summed E-state index contributed by atoms with van der Waals surface area (Å²) in [5.74, 6) is 0. The van der Waals surface area contributed by atoms with Crippen LogP contribution in [0.25, 0.3) is 0 Å². The third-order valence-electron chi connectivity index (χ3n) is 1.50. The maximum absolute atomic E-state index is 3.69. The van der Waals surface area contributed by atoms with Crippen LogP contribution in [-0.4, -0.2) is 10.2 Å². The first-order chi connectivity index (χ1) is 4.83. The highest BCUT2D eigenvalue weighted by Crippen LogP contribution is 1.96. The molecular formula is C9H12Si. The molecule has 0 aromatic heterocycles. The normalized spacial score (nSPS) is 9.60. The van der Waals surface area contributed by atoms with E-state index in [4.69, 9.17) is 0 Å². The third kappa shape index (κ3) is 1.85. The zero-order chi connectivity index (χ0) is 7.40. The van der Waals surface area contributed by atoms with Crippen LogP contribution in [0.15, 0.2) is 36.9 Å². The van der Waals surface area contributed by atoms with Gasteiger partial charge in [-0.05, 0) is 12.0 Å². The molecule has 0 saturated carbocycles. The van der Waals surface area contributed by atoms with Crippen molar-refractivity contribution < 1.29 is 0 Å². The predicted molar refractivity (Wildman–Crippen MR) is 49.9 cm³/mol. The Morgan fingerprint density at radius 1 is 1.30 bits per heavy atom. The van der Waals surface area contributed by atoms with Crippen LogP contribution in [0.1, 0.15) is 5.56 Å². The molecule has 1 aromatic carbocycles. The largest absolute Gasteiger partial charge is 0.103 e. The summed E-state index contributed by atoms with van der Waals surface area (Å²) in [5, 5.41) is 1.45. The summed E-state index contributed by atoms with van der Waals surface area (Å²) in [5.41, 5.74) is 1.36. The van der Waals surface area contributed by atoms with Crippen molar-refractivity contribution >= 4 is 15.4 Å². The van der Waals surface area contributed by atoms with E-state index in [9.17, 15) is 0 Å². The Hall–Kier alpha value is -0.823. The van der Waals surface area contributed by atoms with Gasteiger partial charge in [0.05, 0.1) is 0 Å². The molecule has 0 fully saturated rings. The van der Waals surface area contributed by atoms with Crippen LogP contribution >= 0.6 is 0 Å². The zero-order valence-electron chi connectivity index (χ0n) is 6.30. The number of rotatable bonds is 2. The number of allylic oxidation sites excluding steroid dienone is 1. The van der Waals surface area contributed by atoms with Gasteiger partial charge in [-0.1, -0.05) is 35.5 Å². The van der Waals surface area contributed by atoms with E-state index in [-0.39, 0.29) is 0 Å². The zero-order valence-corrected chi connectivity index (χ0v) is 8.30. The highest BCUT2D eigenvalue weighted by atomic mass is 28.1. The number of hydrogen-bond donors (Lipinski definition) is 0. The molecule has 1 rings (SSSR count). The molecule has 1 heteroatoms. The molecule has 1 aromatic rings. The molecule has 0 unspecified atom stereocenters. The van der Waals surface area contributed by atoms with E-state index in [2.05, 4.69) is 30.8 Å². The van der Waals surface area contributed by atoms with Gasteiger partial charge in [-0.25, -0.2) is 0 Å². The predicted octanol–water partition coefficient (Wildman–Crippen LogP) is 0.406. The molecule has 0 aliphatic heterocycles. The first kappa shape index (κ1) is 7.29. The maximum atomic E-state index is 3.69. The van der Waals surface area contributed by atoms with Gasteiger partial charge in [0.2, 0.25) is 0 Å². The minimum Gasteiger partial charge on any atom is -0.103 e. The molecule has 0 nitrogen and oxygen atoms in total. The first-order valence-corrected chi connectivity index (χ1v) is 4.49. The Balaban J connectivity index is 2.78. The highest BCUT2D eigenvalue weighted by Gasteiger charge is 1.86. The van der Waals surface area contributed by atoms with Crippen LogP contribution in [0.3, 0.4) is 0 Å². The minimum atomic E-state index is 0.988. The van der Waals surface area contributed by atoms with Crippen LogP contribution in [0.2, 0.25) is 0 Å². The Labute approximate surface area is 65.0 Å². The fraction of sp³-hybridized carbons (Fsp3) is 0.111. The Morgan fingerprint density at radius 3 is 2.40 bits per heavy atom. The molecule has 0 atom stereocenters. The second kappa shape index (κ2) is 3.37. The molecule has 52 valence electrons. The molecule has 10 heavy (non-hydrogen) atoms. The van der Waals surface area contributed by atoms with Gasteiger partial charge in [-0.15, -0.1) is 6.58 Å². The lowest BCUT2D eigenvalue weighted by Crippen LogP contribution is -1.99. The van der Waals surface area contributed by atoms with Gasteiger partial charge in [0.15, 0.2) is 0 Å². The van der Waals surface area contributed by atoms with Crippen LogP contribution < -0.4 is 5.19 Å². The van der Waals surface area contributed by atoms with Crippen molar-refractivity contribution in [2.75, 3.05) is 0 Å². The SMILES string of the molecule is C=CCc1ccc([SiH3])cc1. The summed E-state index contributed by atoms with van der Waals surface area (Å²) in [4.78, 5) is 0. The summed E-state index contributed by atoms with van der Waals surface area (Å²) >= 11 is 0. The van der Waals surface area contributed by atoms with E-state index in [1.807, 2.05) is 6.08 Å². The standard InChI is InChI=1S/C9H12Si/c1-2-3-8-4-6-9(10)7-5-8/h2,4-7H,1,3H2,10H3. The maximum Gasteiger partial charge on any atom is 0.0384 e. The summed E-state index contributed by atoms with van der Waals surface area (Å²) in [7, 11) is 1.15. The van der Waals surface area contributed by atoms with Crippen molar-refractivity contribution in [3.63, 3.8) is 0 Å². The fourth-order valence-electron chi connectivity index (χ4n) is 0.891. The quantitative estimate of drug-likeness (QED) is 0.421. The second-order valence-electron chi connectivity index (χ2n) is 2.48. The Kier molecular flexibility index (Phi) is 2.46. The fourth-order valence-corrected chi connectivity index (χ4v) is 1.22. The van der Waals surface area contributed by atoms with Gasteiger partial charge < -0.3 is 0 Å². The van der Waals surface area contributed by atoms with Gasteiger partial charge in [0.25, 0.3) is 0 Å². The van der Waals surface area contributed by atoms with Gasteiger partial charge in [0.1, 0.15) is 0 Å². The van der Waals surface area contributed by atoms with Crippen LogP contribution in [0, 0.1) is 0 Å². The van der Waals surface area contributed by atoms with E-state index in [1.54, 1.807) is 0 Å². The van der Waals surface area contributed by atoms with E-state index in [0.29, 0.717) is 0 Å². The van der Waals surface area contributed by atoms with Crippen molar-refractivity contribution in [1.82, 2.24) is 0 Å². The van der Waals surface area contributed by atoms with E-state index >= 15 is 0 Å². The summed E-state index contributed by atoms with van der Waals surface area (Å²) < 4.78 is 0. The van der Waals surface area contributed by atoms with Crippen molar-refractivity contribution in [3.8, 4) is 0 Å². The molecular weight excluding hydrogens is 136 g/mol. The van der Waals surface area contributed by atoms with Crippen LogP contribution in [-0.2, 0) is 6.42 Å². The topological polar surface area (TPSA) is 0 Å². The summed E-state index contributed by atoms with van der Waals surface area (Å²) in [6, 6.07) is 8.71. The second-order valence-corrected chi connectivity index (χ2v) is 3.63. The molecule has 0 aliphatic rings. The van der Waals surface area contributed by atoms with E-state index < -0.39 is 0 Å². The smallest absolute Gasteiger partial charge is 0.0384 e. The van der Waals surface area contributed by atoms with Gasteiger partial charge in [-0.2, -0.15) is 0 Å². The van der Waals surface area contributed by atoms with Gasteiger partial charge >= 0.3 is 0 Å². The molecule has 0 amide bonds. The lowest BCUT2D eigenvalue weighted by molar-refractivity contribution is 1.28. The average molecular weight is 148 g/mol. The summed E-state index contributed by atoms with van der Waals surface area (Å²) in [6.07, 6.45) is 2.92. The van der Waals surface area contributed by atoms with Crippen LogP contribution in [0.5, 0.6) is 0 Å². The third-order valence-corrected chi connectivity index (χ3v) is 2.17. The molecule has 0 spiro atoms. The van der Waals surface area contributed by atoms with Gasteiger partial charge in [-0.3, -0.25) is 0 Å². The number of benzene rings is 1. The van der Waals surface area contributed by atoms with Crippen LogP contribution in [0.4, 0.5) is 0 Å². The monoisotopic (exact) mass is 148 g/mol. The molecule has 0 saturated heterocycles. The Morgan fingerprint density at radius 2 is 1.90 bits per heavy atom.